The van der Waals surface area contributed by atoms with Crippen molar-refractivity contribution in [2.24, 2.45) is 0 Å². The molecule has 1 N–H and O–H groups in total. The Morgan fingerprint density at radius 3 is 2.30 bits per heavy atom. The molecule has 178 valence electrons. The second kappa shape index (κ2) is 10.5. The van der Waals surface area contributed by atoms with Gasteiger partial charge in [0.2, 0.25) is 10.0 Å². The van der Waals surface area contributed by atoms with Gasteiger partial charge in [-0.2, -0.15) is 0 Å². The molecule has 4 rings (SSSR count). The molecule has 7 nitrogen and oxygen atoms in total. The molecule has 9 heteroatoms. The SMILES string of the molecule is O=C(COc1ccc(S(=O)(=O)NC2CCCCC2)cc1)N1CCN(c2ccccc2F)CC1. The molecule has 33 heavy (non-hydrogen) atoms. The Morgan fingerprint density at radius 1 is 0.970 bits per heavy atom. The van der Waals surface area contributed by atoms with E-state index in [0.29, 0.717) is 37.6 Å². The van der Waals surface area contributed by atoms with E-state index in [0.717, 1.165) is 32.1 Å². The van der Waals surface area contributed by atoms with Gasteiger partial charge < -0.3 is 14.5 Å². The van der Waals surface area contributed by atoms with Crippen LogP contribution in [0.3, 0.4) is 0 Å². The van der Waals surface area contributed by atoms with Crippen molar-refractivity contribution < 1.29 is 22.3 Å². The molecule has 2 fully saturated rings. The molecule has 1 saturated heterocycles. The minimum atomic E-state index is -3.57. The van der Waals surface area contributed by atoms with Gasteiger partial charge in [-0.1, -0.05) is 31.4 Å². The van der Waals surface area contributed by atoms with Crippen LogP contribution < -0.4 is 14.4 Å². The molecule has 0 aromatic heterocycles. The smallest absolute Gasteiger partial charge is 0.260 e. The van der Waals surface area contributed by atoms with E-state index in [4.69, 9.17) is 4.74 Å². The first-order chi connectivity index (χ1) is 15.9. The summed E-state index contributed by atoms with van der Waals surface area (Å²) in [6.45, 7) is 1.94. The molecule has 1 aliphatic carbocycles. The highest BCUT2D eigenvalue weighted by Gasteiger charge is 2.24. The third-order valence-corrected chi connectivity index (χ3v) is 7.79. The molecule has 0 spiro atoms. The number of carbonyl (C=O) groups is 1. The van der Waals surface area contributed by atoms with Gasteiger partial charge in [0.05, 0.1) is 10.6 Å². The Kier molecular flexibility index (Phi) is 7.49. The number of piperazine rings is 1. The number of nitrogens with one attached hydrogen (secondary N) is 1. The number of halogens is 1. The number of hydrogen-bond acceptors (Lipinski definition) is 5. The third kappa shape index (κ3) is 6.03. The van der Waals surface area contributed by atoms with Gasteiger partial charge in [0, 0.05) is 32.2 Å². The summed E-state index contributed by atoms with van der Waals surface area (Å²) in [7, 11) is -3.57. The van der Waals surface area contributed by atoms with E-state index in [9.17, 15) is 17.6 Å². The average Bonchev–Trinajstić information content (AvgIpc) is 2.84. The first-order valence-electron chi connectivity index (χ1n) is 11.4. The first-order valence-corrected chi connectivity index (χ1v) is 12.9. The monoisotopic (exact) mass is 475 g/mol. The number of sulfonamides is 1. The predicted molar refractivity (Wildman–Crippen MR) is 124 cm³/mol. The molecule has 1 saturated carbocycles. The molecule has 2 aromatic carbocycles. The van der Waals surface area contributed by atoms with Crippen LogP contribution in [0.4, 0.5) is 10.1 Å². The molecule has 1 heterocycles. The van der Waals surface area contributed by atoms with E-state index in [1.807, 2.05) is 4.90 Å². The standard InChI is InChI=1S/C24H30FN3O4S/c25-22-8-4-5-9-23(22)27-14-16-28(17-15-27)24(29)18-32-20-10-12-21(13-11-20)33(30,31)26-19-6-2-1-3-7-19/h4-5,8-13,19,26H,1-3,6-7,14-18H2. The highest BCUT2D eigenvalue weighted by molar-refractivity contribution is 7.89. The lowest BCUT2D eigenvalue weighted by atomic mass is 9.96. The van der Waals surface area contributed by atoms with Crippen LogP contribution in [0.2, 0.25) is 0 Å². The third-order valence-electron chi connectivity index (χ3n) is 6.25. The fourth-order valence-corrected chi connectivity index (χ4v) is 5.67. The highest BCUT2D eigenvalue weighted by atomic mass is 32.2. The van der Waals surface area contributed by atoms with Crippen molar-refractivity contribution in [2.75, 3.05) is 37.7 Å². The Hall–Kier alpha value is -2.65. The lowest BCUT2D eigenvalue weighted by molar-refractivity contribution is -0.133. The molecular formula is C24H30FN3O4S. The van der Waals surface area contributed by atoms with Crippen molar-refractivity contribution in [1.82, 2.24) is 9.62 Å². The second-order valence-electron chi connectivity index (χ2n) is 8.54. The quantitative estimate of drug-likeness (QED) is 0.666. The number of carbonyl (C=O) groups excluding carboxylic acids is 1. The van der Waals surface area contributed by atoms with Crippen molar-refractivity contribution in [2.45, 2.75) is 43.0 Å². The molecule has 2 aliphatic rings. The maximum absolute atomic E-state index is 14.0. The minimum absolute atomic E-state index is 0.00357. The van der Waals surface area contributed by atoms with Gasteiger partial charge in [-0.25, -0.2) is 17.5 Å². The number of para-hydroxylation sites is 1. The van der Waals surface area contributed by atoms with Crippen LogP contribution in [0.25, 0.3) is 0 Å². The van der Waals surface area contributed by atoms with Crippen molar-refractivity contribution >= 4 is 21.6 Å². The summed E-state index contributed by atoms with van der Waals surface area (Å²) < 4.78 is 47.5. The summed E-state index contributed by atoms with van der Waals surface area (Å²) in [6, 6.07) is 12.8. The normalized spacial score (nSPS) is 17.7. The van der Waals surface area contributed by atoms with Gasteiger partial charge in [-0.15, -0.1) is 0 Å². The highest BCUT2D eigenvalue weighted by Crippen LogP contribution is 2.22. The predicted octanol–water partition coefficient (Wildman–Crippen LogP) is 3.16. The van der Waals surface area contributed by atoms with E-state index in [-0.39, 0.29) is 29.3 Å². The molecule has 0 radical (unpaired) electrons. The number of amides is 1. The summed E-state index contributed by atoms with van der Waals surface area (Å²) in [5, 5.41) is 0. The molecule has 0 atom stereocenters. The number of anilines is 1. The van der Waals surface area contributed by atoms with Crippen LogP contribution in [0.5, 0.6) is 5.75 Å². The zero-order valence-electron chi connectivity index (χ0n) is 18.6. The first kappa shape index (κ1) is 23.5. The molecular weight excluding hydrogens is 445 g/mol. The number of benzene rings is 2. The minimum Gasteiger partial charge on any atom is -0.484 e. The van der Waals surface area contributed by atoms with Gasteiger partial charge in [0.15, 0.2) is 6.61 Å². The Morgan fingerprint density at radius 2 is 1.64 bits per heavy atom. The molecule has 0 unspecified atom stereocenters. The fraction of sp³-hybridized carbons (Fsp3) is 0.458. The van der Waals surface area contributed by atoms with E-state index < -0.39 is 10.0 Å². The lowest BCUT2D eigenvalue weighted by Gasteiger charge is -2.36. The van der Waals surface area contributed by atoms with Crippen molar-refractivity contribution in [1.29, 1.82) is 0 Å². The van der Waals surface area contributed by atoms with E-state index >= 15 is 0 Å². The van der Waals surface area contributed by atoms with Crippen molar-refractivity contribution in [3.8, 4) is 5.75 Å². The number of hydrogen-bond donors (Lipinski definition) is 1. The summed E-state index contributed by atoms with van der Waals surface area (Å²) in [4.78, 5) is 16.4. The lowest BCUT2D eigenvalue weighted by Crippen LogP contribution is -2.50. The maximum atomic E-state index is 14.0. The van der Waals surface area contributed by atoms with Crippen molar-refractivity contribution in [3.05, 3.63) is 54.3 Å². The van der Waals surface area contributed by atoms with Gasteiger partial charge in [-0.05, 0) is 49.2 Å². The van der Waals surface area contributed by atoms with Crippen LogP contribution in [-0.2, 0) is 14.8 Å². The zero-order valence-corrected chi connectivity index (χ0v) is 19.4. The Labute approximate surface area is 194 Å². The van der Waals surface area contributed by atoms with E-state index in [1.54, 1.807) is 35.2 Å². The second-order valence-corrected chi connectivity index (χ2v) is 10.2. The summed E-state index contributed by atoms with van der Waals surface area (Å²) >= 11 is 0. The van der Waals surface area contributed by atoms with Crippen LogP contribution >= 0.6 is 0 Å². The summed E-state index contributed by atoms with van der Waals surface area (Å²) in [5.41, 5.74) is 0.550. The van der Waals surface area contributed by atoms with Crippen LogP contribution in [-0.4, -0.2) is 58.1 Å². The zero-order chi connectivity index (χ0) is 23.3. The Bertz CT molecular complexity index is 1050. The average molecular weight is 476 g/mol. The van der Waals surface area contributed by atoms with E-state index in [1.165, 1.54) is 18.2 Å². The van der Waals surface area contributed by atoms with Gasteiger partial charge >= 0.3 is 0 Å². The summed E-state index contributed by atoms with van der Waals surface area (Å²) in [6.07, 6.45) is 5.00. The fourth-order valence-electron chi connectivity index (χ4n) is 4.36. The van der Waals surface area contributed by atoms with Crippen LogP contribution in [0, 0.1) is 5.82 Å². The molecule has 1 aliphatic heterocycles. The van der Waals surface area contributed by atoms with E-state index in [2.05, 4.69) is 4.72 Å². The maximum Gasteiger partial charge on any atom is 0.260 e. The number of nitrogens with zero attached hydrogens (tertiary/aromatic N) is 2. The molecule has 1 amide bonds. The molecule has 2 aromatic rings. The largest absolute Gasteiger partial charge is 0.484 e. The summed E-state index contributed by atoms with van der Waals surface area (Å²) in [5.74, 6) is 0.0174. The number of ether oxygens (including phenoxy) is 1. The van der Waals surface area contributed by atoms with Gasteiger partial charge in [0.1, 0.15) is 11.6 Å². The van der Waals surface area contributed by atoms with Crippen molar-refractivity contribution in [3.63, 3.8) is 0 Å². The van der Waals surface area contributed by atoms with Gasteiger partial charge in [0.25, 0.3) is 5.91 Å². The topological polar surface area (TPSA) is 78.9 Å². The molecule has 0 bridgehead atoms. The Balaban J connectivity index is 1.25. The van der Waals surface area contributed by atoms with Crippen LogP contribution in [0.15, 0.2) is 53.4 Å². The number of rotatable bonds is 7. The van der Waals surface area contributed by atoms with Crippen LogP contribution in [0.1, 0.15) is 32.1 Å². The van der Waals surface area contributed by atoms with Gasteiger partial charge in [-0.3, -0.25) is 4.79 Å².